The standard InChI is InChI=1S/C16H17BrN2O2.ClH/c17-11-1-4-14-10(7-11)8-15(21-14)16(20)19-6-5-12-2-3-13(9-19)18-12;/h1,4,7-8,12-13,18H,2-3,5-6,9H2;1H. The Morgan fingerprint density at radius 1 is 1.23 bits per heavy atom. The van der Waals surface area contributed by atoms with Gasteiger partial charge in [0.2, 0.25) is 0 Å². The molecule has 2 saturated heterocycles. The molecule has 0 saturated carbocycles. The summed E-state index contributed by atoms with van der Waals surface area (Å²) in [5.74, 6) is 0.456. The SMILES string of the molecule is Cl.O=C(c1cc2cc(Br)ccc2o1)N1CCC2CCC(C1)N2. The van der Waals surface area contributed by atoms with E-state index >= 15 is 0 Å². The maximum atomic E-state index is 12.7. The van der Waals surface area contributed by atoms with Crippen molar-refractivity contribution in [2.24, 2.45) is 0 Å². The zero-order chi connectivity index (χ0) is 14.4. The summed E-state index contributed by atoms with van der Waals surface area (Å²) in [5, 5.41) is 4.55. The van der Waals surface area contributed by atoms with E-state index in [9.17, 15) is 4.79 Å². The molecule has 118 valence electrons. The summed E-state index contributed by atoms with van der Waals surface area (Å²) in [6.07, 6.45) is 3.45. The van der Waals surface area contributed by atoms with Gasteiger partial charge in [-0.3, -0.25) is 4.79 Å². The molecule has 4 rings (SSSR count). The van der Waals surface area contributed by atoms with Crippen molar-refractivity contribution < 1.29 is 9.21 Å². The van der Waals surface area contributed by atoms with Crippen molar-refractivity contribution in [1.82, 2.24) is 10.2 Å². The van der Waals surface area contributed by atoms with Gasteiger partial charge in [-0.1, -0.05) is 15.9 Å². The van der Waals surface area contributed by atoms with E-state index in [1.807, 2.05) is 29.2 Å². The van der Waals surface area contributed by atoms with E-state index in [0.29, 0.717) is 17.8 Å². The maximum absolute atomic E-state index is 12.7. The lowest BCUT2D eigenvalue weighted by Crippen LogP contribution is -2.38. The zero-order valence-corrected chi connectivity index (χ0v) is 14.5. The number of amides is 1. The molecule has 1 N–H and O–H groups in total. The third kappa shape index (κ3) is 2.90. The van der Waals surface area contributed by atoms with E-state index in [1.54, 1.807) is 0 Å². The van der Waals surface area contributed by atoms with Crippen LogP contribution in [-0.4, -0.2) is 36.0 Å². The molecule has 2 fully saturated rings. The van der Waals surface area contributed by atoms with Crippen molar-refractivity contribution >= 4 is 45.2 Å². The molecular formula is C16H18BrClN2O2. The Bertz CT molecular complexity index is 703. The normalized spacial score (nSPS) is 24.1. The smallest absolute Gasteiger partial charge is 0.289 e. The number of carbonyl (C=O) groups excluding carboxylic acids is 1. The van der Waals surface area contributed by atoms with Crippen molar-refractivity contribution in [3.05, 3.63) is 34.5 Å². The number of rotatable bonds is 1. The number of halogens is 2. The van der Waals surface area contributed by atoms with Gasteiger partial charge >= 0.3 is 0 Å². The van der Waals surface area contributed by atoms with E-state index in [1.165, 1.54) is 12.8 Å². The largest absolute Gasteiger partial charge is 0.451 e. The van der Waals surface area contributed by atoms with Crippen molar-refractivity contribution in [2.45, 2.75) is 31.3 Å². The predicted molar refractivity (Wildman–Crippen MR) is 91.6 cm³/mol. The fourth-order valence-corrected chi connectivity index (χ4v) is 3.78. The minimum Gasteiger partial charge on any atom is -0.451 e. The molecule has 3 heterocycles. The summed E-state index contributed by atoms with van der Waals surface area (Å²) in [7, 11) is 0. The van der Waals surface area contributed by atoms with Gasteiger partial charge in [-0.25, -0.2) is 0 Å². The van der Waals surface area contributed by atoms with E-state index in [2.05, 4.69) is 21.2 Å². The minimum absolute atomic E-state index is 0. The Morgan fingerprint density at radius 3 is 2.91 bits per heavy atom. The first-order chi connectivity index (χ1) is 10.2. The molecule has 2 bridgehead atoms. The van der Waals surface area contributed by atoms with Gasteiger partial charge in [0.1, 0.15) is 5.58 Å². The average molecular weight is 386 g/mol. The monoisotopic (exact) mass is 384 g/mol. The van der Waals surface area contributed by atoms with Crippen LogP contribution >= 0.6 is 28.3 Å². The highest BCUT2D eigenvalue weighted by atomic mass is 79.9. The van der Waals surface area contributed by atoms with Crippen LogP contribution in [0.4, 0.5) is 0 Å². The summed E-state index contributed by atoms with van der Waals surface area (Å²) in [6, 6.07) is 8.66. The number of furan rings is 1. The van der Waals surface area contributed by atoms with Crippen LogP contribution in [0.25, 0.3) is 11.0 Å². The van der Waals surface area contributed by atoms with Crippen LogP contribution in [0.15, 0.2) is 33.2 Å². The highest BCUT2D eigenvalue weighted by Crippen LogP contribution is 2.26. The topological polar surface area (TPSA) is 45.5 Å². The Morgan fingerprint density at radius 2 is 2.05 bits per heavy atom. The van der Waals surface area contributed by atoms with E-state index < -0.39 is 0 Å². The quantitative estimate of drug-likeness (QED) is 0.816. The lowest BCUT2D eigenvalue weighted by atomic mass is 10.1. The number of fused-ring (bicyclic) bond motifs is 3. The van der Waals surface area contributed by atoms with E-state index in [4.69, 9.17) is 4.42 Å². The van der Waals surface area contributed by atoms with Gasteiger partial charge in [0.05, 0.1) is 0 Å². The van der Waals surface area contributed by atoms with Gasteiger partial charge in [-0.15, -0.1) is 12.4 Å². The molecule has 1 aromatic heterocycles. The van der Waals surface area contributed by atoms with Gasteiger partial charge in [0, 0.05) is 35.0 Å². The predicted octanol–water partition coefficient (Wildman–Crippen LogP) is 3.58. The molecule has 0 spiro atoms. The van der Waals surface area contributed by atoms with Gasteiger partial charge < -0.3 is 14.6 Å². The molecule has 22 heavy (non-hydrogen) atoms. The summed E-state index contributed by atoms with van der Waals surface area (Å²) in [6.45, 7) is 1.60. The average Bonchev–Trinajstić information content (AvgIpc) is 3.01. The first-order valence-electron chi connectivity index (χ1n) is 7.43. The van der Waals surface area contributed by atoms with Crippen LogP contribution in [0, 0.1) is 0 Å². The Balaban J connectivity index is 0.00000144. The van der Waals surface area contributed by atoms with Crippen LogP contribution in [0.1, 0.15) is 29.8 Å². The van der Waals surface area contributed by atoms with Crippen LogP contribution in [0.5, 0.6) is 0 Å². The number of likely N-dealkylation sites (tertiary alicyclic amines) is 1. The summed E-state index contributed by atoms with van der Waals surface area (Å²) in [5.41, 5.74) is 0.760. The van der Waals surface area contributed by atoms with Crippen molar-refractivity contribution in [3.63, 3.8) is 0 Å². The number of nitrogens with zero attached hydrogens (tertiary/aromatic N) is 1. The lowest BCUT2D eigenvalue weighted by molar-refractivity contribution is 0.0718. The Labute approximate surface area is 143 Å². The second-order valence-electron chi connectivity index (χ2n) is 5.97. The second-order valence-corrected chi connectivity index (χ2v) is 6.89. The number of benzene rings is 1. The highest BCUT2D eigenvalue weighted by molar-refractivity contribution is 9.10. The van der Waals surface area contributed by atoms with Crippen molar-refractivity contribution in [1.29, 1.82) is 0 Å². The molecule has 2 unspecified atom stereocenters. The zero-order valence-electron chi connectivity index (χ0n) is 12.0. The number of nitrogens with one attached hydrogen (secondary N) is 1. The van der Waals surface area contributed by atoms with Gasteiger partial charge in [-0.05, 0) is 43.5 Å². The van der Waals surface area contributed by atoms with Crippen molar-refractivity contribution in [3.8, 4) is 0 Å². The van der Waals surface area contributed by atoms with Gasteiger partial charge in [0.15, 0.2) is 5.76 Å². The maximum Gasteiger partial charge on any atom is 0.289 e. The third-order valence-electron chi connectivity index (χ3n) is 4.50. The molecule has 6 heteroatoms. The Hall–Kier alpha value is -1.04. The fourth-order valence-electron chi connectivity index (χ4n) is 3.40. The molecule has 4 nitrogen and oxygen atoms in total. The number of carbonyl (C=O) groups is 1. The van der Waals surface area contributed by atoms with Crippen molar-refractivity contribution in [2.75, 3.05) is 13.1 Å². The third-order valence-corrected chi connectivity index (χ3v) is 4.99. The molecular weight excluding hydrogens is 368 g/mol. The van der Waals surface area contributed by atoms with E-state index in [0.717, 1.165) is 35.0 Å². The highest BCUT2D eigenvalue weighted by Gasteiger charge is 2.32. The van der Waals surface area contributed by atoms with E-state index in [-0.39, 0.29) is 18.3 Å². The number of hydrogen-bond donors (Lipinski definition) is 1. The van der Waals surface area contributed by atoms with Crippen LogP contribution < -0.4 is 5.32 Å². The fraction of sp³-hybridized carbons (Fsp3) is 0.438. The van der Waals surface area contributed by atoms with Crippen LogP contribution in [0.3, 0.4) is 0 Å². The first kappa shape index (κ1) is 15.8. The van der Waals surface area contributed by atoms with Gasteiger partial charge in [-0.2, -0.15) is 0 Å². The van der Waals surface area contributed by atoms with Gasteiger partial charge in [0.25, 0.3) is 5.91 Å². The summed E-state index contributed by atoms with van der Waals surface area (Å²) < 4.78 is 6.72. The molecule has 1 aromatic carbocycles. The summed E-state index contributed by atoms with van der Waals surface area (Å²) >= 11 is 3.44. The summed E-state index contributed by atoms with van der Waals surface area (Å²) in [4.78, 5) is 14.6. The lowest BCUT2D eigenvalue weighted by Gasteiger charge is -2.23. The first-order valence-corrected chi connectivity index (χ1v) is 8.23. The second kappa shape index (κ2) is 6.22. The Kier molecular flexibility index (Phi) is 4.48. The van der Waals surface area contributed by atoms with Crippen LogP contribution in [-0.2, 0) is 0 Å². The molecule has 2 aliphatic rings. The molecule has 0 aliphatic carbocycles. The number of hydrogen-bond acceptors (Lipinski definition) is 3. The van der Waals surface area contributed by atoms with Crippen LogP contribution in [0.2, 0.25) is 0 Å². The molecule has 2 aromatic rings. The molecule has 1 amide bonds. The molecule has 2 aliphatic heterocycles. The minimum atomic E-state index is 0. The molecule has 2 atom stereocenters. The molecule has 0 radical (unpaired) electrons.